The summed E-state index contributed by atoms with van der Waals surface area (Å²) in [6.45, 7) is 7.10. The Morgan fingerprint density at radius 2 is 2.35 bits per heavy atom. The van der Waals surface area contributed by atoms with E-state index in [1.807, 2.05) is 6.20 Å². The number of nitrogens with one attached hydrogen (secondary N) is 1. The van der Waals surface area contributed by atoms with Crippen molar-refractivity contribution in [2.45, 2.75) is 51.3 Å². The lowest BCUT2D eigenvalue weighted by Crippen LogP contribution is -2.49. The smallest absolute Gasteiger partial charge is 0.128 e. The van der Waals surface area contributed by atoms with Crippen molar-refractivity contribution >= 4 is 5.82 Å². The Hall–Kier alpha value is -1.13. The SMILES string of the molecule is CCNC(C)c1ccc(N2CCOC3CCCC32)nc1. The van der Waals surface area contributed by atoms with Crippen LogP contribution in [0.2, 0.25) is 0 Å². The summed E-state index contributed by atoms with van der Waals surface area (Å²) in [6.07, 6.45) is 6.16. The maximum atomic E-state index is 5.87. The van der Waals surface area contributed by atoms with Crippen molar-refractivity contribution in [1.29, 1.82) is 0 Å². The Morgan fingerprint density at radius 1 is 1.45 bits per heavy atom. The summed E-state index contributed by atoms with van der Waals surface area (Å²) in [7, 11) is 0. The van der Waals surface area contributed by atoms with Crippen LogP contribution in [0.25, 0.3) is 0 Å². The Balaban J connectivity index is 1.73. The molecule has 0 spiro atoms. The summed E-state index contributed by atoms with van der Waals surface area (Å²) in [6, 6.07) is 5.28. The molecule has 2 heterocycles. The standard InChI is InChI=1S/C16H25N3O/c1-3-17-12(2)13-7-8-16(18-11-13)19-9-10-20-15-6-4-5-14(15)19/h7-8,11-12,14-15,17H,3-6,9-10H2,1-2H3. The molecule has 4 heteroatoms. The predicted molar refractivity (Wildman–Crippen MR) is 81.1 cm³/mol. The third kappa shape index (κ3) is 2.67. The van der Waals surface area contributed by atoms with Gasteiger partial charge in [0.05, 0.1) is 18.8 Å². The fraction of sp³-hybridized carbons (Fsp3) is 0.688. The van der Waals surface area contributed by atoms with E-state index in [4.69, 9.17) is 9.72 Å². The van der Waals surface area contributed by atoms with Gasteiger partial charge in [-0.25, -0.2) is 4.98 Å². The molecule has 1 saturated carbocycles. The van der Waals surface area contributed by atoms with Crippen LogP contribution < -0.4 is 10.2 Å². The second kappa shape index (κ2) is 6.10. The van der Waals surface area contributed by atoms with Gasteiger partial charge in [0.25, 0.3) is 0 Å². The molecular weight excluding hydrogens is 250 g/mol. The fourth-order valence-corrected chi connectivity index (χ4v) is 3.46. The van der Waals surface area contributed by atoms with E-state index in [-0.39, 0.29) is 0 Å². The van der Waals surface area contributed by atoms with Crippen molar-refractivity contribution in [3.05, 3.63) is 23.9 Å². The average Bonchev–Trinajstić information content (AvgIpc) is 2.96. The molecule has 110 valence electrons. The minimum atomic E-state index is 0.366. The maximum absolute atomic E-state index is 5.87. The summed E-state index contributed by atoms with van der Waals surface area (Å²) in [4.78, 5) is 7.14. The summed E-state index contributed by atoms with van der Waals surface area (Å²) in [5.41, 5.74) is 1.26. The van der Waals surface area contributed by atoms with Gasteiger partial charge in [0.2, 0.25) is 0 Å². The molecule has 3 rings (SSSR count). The van der Waals surface area contributed by atoms with E-state index >= 15 is 0 Å². The van der Waals surface area contributed by atoms with Crippen LogP contribution in [-0.4, -0.2) is 36.8 Å². The zero-order valence-electron chi connectivity index (χ0n) is 12.5. The van der Waals surface area contributed by atoms with Crippen LogP contribution in [-0.2, 0) is 4.74 Å². The van der Waals surface area contributed by atoms with Crippen LogP contribution in [0, 0.1) is 0 Å². The van der Waals surface area contributed by atoms with Gasteiger partial charge in [-0.15, -0.1) is 0 Å². The van der Waals surface area contributed by atoms with Crippen molar-refractivity contribution < 1.29 is 4.74 Å². The highest BCUT2D eigenvalue weighted by Crippen LogP contribution is 2.32. The number of nitrogens with zero attached hydrogens (tertiary/aromatic N) is 2. The summed E-state index contributed by atoms with van der Waals surface area (Å²) in [5, 5.41) is 3.42. The first-order valence-corrected chi connectivity index (χ1v) is 7.87. The highest BCUT2D eigenvalue weighted by Gasteiger charge is 2.36. The molecule has 1 N–H and O–H groups in total. The third-order valence-electron chi connectivity index (χ3n) is 4.56. The molecule has 1 saturated heterocycles. The molecule has 3 atom stereocenters. The molecule has 1 aliphatic carbocycles. The van der Waals surface area contributed by atoms with E-state index in [2.05, 4.69) is 36.2 Å². The van der Waals surface area contributed by atoms with Gasteiger partial charge in [-0.05, 0) is 44.4 Å². The Kier molecular flexibility index (Phi) is 4.22. The van der Waals surface area contributed by atoms with Gasteiger partial charge in [-0.3, -0.25) is 0 Å². The Labute approximate surface area is 121 Å². The van der Waals surface area contributed by atoms with Crippen molar-refractivity contribution in [2.24, 2.45) is 0 Å². The lowest BCUT2D eigenvalue weighted by Gasteiger charge is -2.38. The first-order valence-electron chi connectivity index (χ1n) is 7.87. The molecule has 20 heavy (non-hydrogen) atoms. The molecule has 1 aromatic heterocycles. The number of pyridine rings is 1. The number of hydrogen-bond donors (Lipinski definition) is 1. The van der Waals surface area contributed by atoms with Gasteiger partial charge in [-0.2, -0.15) is 0 Å². The van der Waals surface area contributed by atoms with E-state index in [0.717, 1.165) is 25.5 Å². The van der Waals surface area contributed by atoms with E-state index in [9.17, 15) is 0 Å². The summed E-state index contributed by atoms with van der Waals surface area (Å²) < 4.78 is 5.87. The zero-order valence-corrected chi connectivity index (χ0v) is 12.5. The van der Waals surface area contributed by atoms with Crippen LogP contribution in [0.15, 0.2) is 18.3 Å². The number of anilines is 1. The van der Waals surface area contributed by atoms with Crippen LogP contribution in [0.1, 0.15) is 44.7 Å². The van der Waals surface area contributed by atoms with Crippen LogP contribution in [0.4, 0.5) is 5.82 Å². The summed E-state index contributed by atoms with van der Waals surface area (Å²) >= 11 is 0. The monoisotopic (exact) mass is 275 g/mol. The molecule has 2 fully saturated rings. The molecule has 1 aliphatic heterocycles. The second-order valence-electron chi connectivity index (χ2n) is 5.83. The van der Waals surface area contributed by atoms with E-state index in [1.165, 1.54) is 24.8 Å². The number of rotatable bonds is 4. The summed E-state index contributed by atoms with van der Waals surface area (Å²) in [5.74, 6) is 1.11. The van der Waals surface area contributed by atoms with Crippen molar-refractivity contribution in [3.8, 4) is 0 Å². The molecule has 1 aromatic rings. The van der Waals surface area contributed by atoms with Crippen molar-refractivity contribution in [1.82, 2.24) is 10.3 Å². The molecular formula is C16H25N3O. The molecule has 4 nitrogen and oxygen atoms in total. The first kappa shape index (κ1) is 13.8. The Bertz CT molecular complexity index is 434. The van der Waals surface area contributed by atoms with Gasteiger partial charge in [-0.1, -0.05) is 13.0 Å². The molecule has 3 unspecified atom stereocenters. The molecule has 0 bridgehead atoms. The largest absolute Gasteiger partial charge is 0.374 e. The fourth-order valence-electron chi connectivity index (χ4n) is 3.46. The minimum absolute atomic E-state index is 0.366. The first-order chi connectivity index (χ1) is 9.79. The van der Waals surface area contributed by atoms with Crippen molar-refractivity contribution in [3.63, 3.8) is 0 Å². The number of ether oxygens (including phenoxy) is 1. The highest BCUT2D eigenvalue weighted by atomic mass is 16.5. The minimum Gasteiger partial charge on any atom is -0.374 e. The lowest BCUT2D eigenvalue weighted by atomic mass is 10.1. The molecule has 0 aromatic carbocycles. The number of hydrogen-bond acceptors (Lipinski definition) is 4. The van der Waals surface area contributed by atoms with Crippen LogP contribution in [0.5, 0.6) is 0 Å². The highest BCUT2D eigenvalue weighted by molar-refractivity contribution is 5.42. The third-order valence-corrected chi connectivity index (χ3v) is 4.56. The topological polar surface area (TPSA) is 37.4 Å². The van der Waals surface area contributed by atoms with Crippen LogP contribution in [0.3, 0.4) is 0 Å². The zero-order chi connectivity index (χ0) is 13.9. The lowest BCUT2D eigenvalue weighted by molar-refractivity contribution is 0.0253. The van der Waals surface area contributed by atoms with E-state index in [0.29, 0.717) is 18.2 Å². The number of morpholine rings is 1. The van der Waals surface area contributed by atoms with Crippen LogP contribution >= 0.6 is 0 Å². The van der Waals surface area contributed by atoms with Gasteiger partial charge in [0, 0.05) is 18.8 Å². The molecule has 0 amide bonds. The van der Waals surface area contributed by atoms with Gasteiger partial charge >= 0.3 is 0 Å². The Morgan fingerprint density at radius 3 is 3.10 bits per heavy atom. The predicted octanol–water partition coefficient (Wildman–Crippen LogP) is 2.51. The van der Waals surface area contributed by atoms with Gasteiger partial charge in [0.15, 0.2) is 0 Å². The van der Waals surface area contributed by atoms with Gasteiger partial charge in [0.1, 0.15) is 5.82 Å². The average molecular weight is 275 g/mol. The van der Waals surface area contributed by atoms with Crippen molar-refractivity contribution in [2.75, 3.05) is 24.6 Å². The molecule has 2 aliphatic rings. The number of fused-ring (bicyclic) bond motifs is 1. The molecule has 0 radical (unpaired) electrons. The second-order valence-corrected chi connectivity index (χ2v) is 5.83. The normalized spacial score (nSPS) is 27.4. The van der Waals surface area contributed by atoms with E-state index in [1.54, 1.807) is 0 Å². The van der Waals surface area contributed by atoms with Gasteiger partial charge < -0.3 is 15.0 Å². The number of aromatic nitrogens is 1. The quantitative estimate of drug-likeness (QED) is 0.916. The maximum Gasteiger partial charge on any atom is 0.128 e. The van der Waals surface area contributed by atoms with E-state index < -0.39 is 0 Å².